The second kappa shape index (κ2) is 64.4. The molecule has 0 aliphatic rings. The molecule has 2 unspecified atom stereocenters. The van der Waals surface area contributed by atoms with Gasteiger partial charge in [-0.15, -0.1) is 0 Å². The Kier molecular flexibility index (Phi) is 63.0. The van der Waals surface area contributed by atoms with Crippen LogP contribution in [0, 0.1) is 5.92 Å². The first-order chi connectivity index (χ1) is 43.5. The van der Waals surface area contributed by atoms with Crippen molar-refractivity contribution in [2.75, 3.05) is 39.6 Å². The molecule has 0 aromatic heterocycles. The van der Waals surface area contributed by atoms with Gasteiger partial charge >= 0.3 is 39.5 Å². The summed E-state index contributed by atoms with van der Waals surface area (Å²) in [5.41, 5.74) is 0. The zero-order chi connectivity index (χ0) is 66.3. The second-order valence-corrected chi connectivity index (χ2v) is 29.0. The van der Waals surface area contributed by atoms with Crippen LogP contribution in [0.5, 0.6) is 0 Å². The zero-order valence-electron chi connectivity index (χ0n) is 58.3. The minimum absolute atomic E-state index is 0.107. The summed E-state index contributed by atoms with van der Waals surface area (Å²) in [6, 6.07) is 0. The molecule has 0 aromatic carbocycles. The van der Waals surface area contributed by atoms with Crippen LogP contribution in [0.15, 0.2) is 0 Å². The van der Waals surface area contributed by atoms with Crippen molar-refractivity contribution in [2.24, 2.45) is 5.92 Å². The lowest BCUT2D eigenvalue weighted by atomic mass is 10.0. The first-order valence-electron chi connectivity index (χ1n) is 37.1. The third kappa shape index (κ3) is 64.8. The van der Waals surface area contributed by atoms with E-state index >= 15 is 0 Å². The van der Waals surface area contributed by atoms with E-state index in [1.807, 2.05) is 0 Å². The average Bonchev–Trinajstić information content (AvgIpc) is 3.21. The number of hydrogen-bond acceptors (Lipinski definition) is 15. The van der Waals surface area contributed by atoms with Gasteiger partial charge < -0.3 is 33.8 Å². The molecule has 0 saturated carbocycles. The van der Waals surface area contributed by atoms with Crippen molar-refractivity contribution in [1.82, 2.24) is 0 Å². The van der Waals surface area contributed by atoms with Crippen LogP contribution in [-0.4, -0.2) is 96.7 Å². The summed E-state index contributed by atoms with van der Waals surface area (Å²) in [7, 11) is -9.90. The van der Waals surface area contributed by atoms with E-state index in [-0.39, 0.29) is 25.7 Å². The van der Waals surface area contributed by atoms with Crippen LogP contribution in [0.25, 0.3) is 0 Å². The highest BCUT2D eigenvalue weighted by Gasteiger charge is 2.30. The molecule has 0 aliphatic carbocycles. The predicted molar refractivity (Wildman–Crippen MR) is 363 cm³/mol. The summed E-state index contributed by atoms with van der Waals surface area (Å²) in [6.07, 6.45) is 51.1. The molecule has 5 atom stereocenters. The van der Waals surface area contributed by atoms with Crippen molar-refractivity contribution in [3.05, 3.63) is 0 Å². The number of aliphatic hydroxyl groups is 1. The van der Waals surface area contributed by atoms with Gasteiger partial charge in [-0.2, -0.15) is 0 Å². The van der Waals surface area contributed by atoms with Gasteiger partial charge in [0, 0.05) is 25.7 Å². The minimum Gasteiger partial charge on any atom is -0.462 e. The van der Waals surface area contributed by atoms with Gasteiger partial charge in [-0.05, 0) is 31.6 Å². The van der Waals surface area contributed by atoms with E-state index in [2.05, 4.69) is 34.6 Å². The summed E-state index contributed by atoms with van der Waals surface area (Å²) < 4.78 is 68.3. The molecule has 0 bridgehead atoms. The lowest BCUT2D eigenvalue weighted by Crippen LogP contribution is -2.30. The summed E-state index contributed by atoms with van der Waals surface area (Å²) in [6.45, 7) is 7.25. The highest BCUT2D eigenvalue weighted by molar-refractivity contribution is 7.47. The Morgan fingerprint density at radius 1 is 0.300 bits per heavy atom. The summed E-state index contributed by atoms with van der Waals surface area (Å²) in [5, 5.41) is 10.6. The van der Waals surface area contributed by atoms with E-state index < -0.39 is 97.5 Å². The molecule has 0 amide bonds. The molecule has 0 aliphatic heterocycles. The minimum atomic E-state index is -4.95. The van der Waals surface area contributed by atoms with Gasteiger partial charge in [-0.1, -0.05) is 317 Å². The number of carbonyl (C=O) groups excluding carboxylic acids is 4. The van der Waals surface area contributed by atoms with Crippen molar-refractivity contribution < 1.29 is 80.2 Å². The van der Waals surface area contributed by atoms with Crippen LogP contribution in [-0.2, 0) is 65.4 Å². The first-order valence-corrected chi connectivity index (χ1v) is 40.1. The molecule has 534 valence electrons. The van der Waals surface area contributed by atoms with Crippen LogP contribution in [0.1, 0.15) is 369 Å². The number of hydrogen-bond donors (Lipinski definition) is 3. The quantitative estimate of drug-likeness (QED) is 0.0222. The molecule has 17 nitrogen and oxygen atoms in total. The smallest absolute Gasteiger partial charge is 0.462 e. The third-order valence-corrected chi connectivity index (χ3v) is 18.4. The van der Waals surface area contributed by atoms with Gasteiger partial charge in [0.1, 0.15) is 19.3 Å². The standard InChI is InChI=1S/C71H138O17P2/c1-6-9-12-15-18-21-24-25-26-27-30-37-42-47-52-57-71(76)88-67(61-82-69(74)55-50-45-40-35-32-31-33-38-43-48-53-64(4)5)63-86-90(79,80)84-59-65(72)58-83-89(77,78)85-62-66(87-70(75)56-51-46-41-36-29-23-20-17-14-11-8-3)60-81-68(73)54-49-44-39-34-28-22-19-16-13-10-7-2/h64-67,72H,6-63H2,1-5H3,(H,77,78)(H,79,80)/t65-,66+,67+/m0/s1. The Morgan fingerprint density at radius 2 is 0.511 bits per heavy atom. The molecule has 0 radical (unpaired) electrons. The van der Waals surface area contributed by atoms with E-state index in [1.54, 1.807) is 0 Å². The number of ether oxygens (including phenoxy) is 4. The third-order valence-electron chi connectivity index (χ3n) is 16.5. The largest absolute Gasteiger partial charge is 0.472 e. The van der Waals surface area contributed by atoms with Crippen LogP contribution in [0.2, 0.25) is 0 Å². The number of esters is 4. The summed E-state index contributed by atoms with van der Waals surface area (Å²) in [4.78, 5) is 72.6. The Bertz CT molecular complexity index is 1740. The molecular formula is C71H138O17P2. The van der Waals surface area contributed by atoms with E-state index in [0.717, 1.165) is 95.8 Å². The Labute approximate surface area is 549 Å². The molecule has 90 heavy (non-hydrogen) atoms. The number of aliphatic hydroxyl groups excluding tert-OH is 1. The first kappa shape index (κ1) is 88.1. The molecule has 19 heteroatoms. The highest BCUT2D eigenvalue weighted by Crippen LogP contribution is 2.45. The Morgan fingerprint density at radius 3 is 0.756 bits per heavy atom. The van der Waals surface area contributed by atoms with E-state index in [0.29, 0.717) is 25.7 Å². The maximum absolute atomic E-state index is 13.0. The van der Waals surface area contributed by atoms with Crippen molar-refractivity contribution in [3.8, 4) is 0 Å². The molecule has 3 N–H and O–H groups in total. The molecule has 0 saturated heterocycles. The SMILES string of the molecule is CCCCCCCCCCCCCCCCCC(=O)O[C@H](COC(=O)CCCCCCCCCCCCC(C)C)COP(=O)(O)OC[C@@H](O)COP(=O)(O)OC[C@@H](COC(=O)CCCCCCCCCCCCC)OC(=O)CCCCCCCCCCCCC. The number of phosphoric acid groups is 2. The number of carbonyl (C=O) groups is 4. The van der Waals surface area contributed by atoms with Gasteiger partial charge in [0.2, 0.25) is 0 Å². The van der Waals surface area contributed by atoms with Crippen molar-refractivity contribution >= 4 is 39.5 Å². The normalized spacial score (nSPS) is 14.1. The van der Waals surface area contributed by atoms with Crippen LogP contribution < -0.4 is 0 Å². The van der Waals surface area contributed by atoms with Gasteiger partial charge in [-0.25, -0.2) is 9.13 Å². The fraction of sp³-hybridized carbons (Fsp3) is 0.944. The number of unbranched alkanes of at least 4 members (excludes halogenated alkanes) is 43. The molecule has 0 fully saturated rings. The van der Waals surface area contributed by atoms with Crippen LogP contribution >= 0.6 is 15.6 Å². The molecule has 0 rings (SSSR count). The molecular weight excluding hydrogens is 1190 g/mol. The summed E-state index contributed by atoms with van der Waals surface area (Å²) >= 11 is 0. The zero-order valence-corrected chi connectivity index (χ0v) is 60.1. The predicted octanol–water partition coefficient (Wildman–Crippen LogP) is 20.5. The topological polar surface area (TPSA) is 237 Å². The fourth-order valence-corrected chi connectivity index (χ4v) is 12.4. The van der Waals surface area contributed by atoms with Gasteiger partial charge in [0.15, 0.2) is 12.2 Å². The lowest BCUT2D eigenvalue weighted by Gasteiger charge is -2.21. The average molecular weight is 1330 g/mol. The molecule has 0 spiro atoms. The van der Waals surface area contributed by atoms with Gasteiger partial charge in [-0.3, -0.25) is 37.3 Å². The lowest BCUT2D eigenvalue weighted by molar-refractivity contribution is -0.161. The maximum Gasteiger partial charge on any atom is 0.472 e. The Balaban J connectivity index is 5.25. The van der Waals surface area contributed by atoms with Gasteiger partial charge in [0.05, 0.1) is 26.4 Å². The Hall–Kier alpha value is -1.94. The highest BCUT2D eigenvalue weighted by atomic mass is 31.2. The molecule has 0 aromatic rings. The number of phosphoric ester groups is 2. The van der Waals surface area contributed by atoms with Crippen LogP contribution in [0.4, 0.5) is 0 Å². The van der Waals surface area contributed by atoms with Crippen molar-refractivity contribution in [2.45, 2.75) is 387 Å². The van der Waals surface area contributed by atoms with Crippen molar-refractivity contribution in [3.63, 3.8) is 0 Å². The summed E-state index contributed by atoms with van der Waals surface area (Å²) in [5.74, 6) is -1.36. The van der Waals surface area contributed by atoms with E-state index in [1.165, 1.54) is 193 Å². The van der Waals surface area contributed by atoms with Crippen LogP contribution in [0.3, 0.4) is 0 Å². The van der Waals surface area contributed by atoms with Gasteiger partial charge in [0.25, 0.3) is 0 Å². The molecule has 0 heterocycles. The van der Waals surface area contributed by atoms with E-state index in [4.69, 9.17) is 37.0 Å². The second-order valence-electron chi connectivity index (χ2n) is 26.1. The van der Waals surface area contributed by atoms with E-state index in [9.17, 15) is 43.2 Å². The fourth-order valence-electron chi connectivity index (χ4n) is 10.8. The monoisotopic (exact) mass is 1320 g/mol. The van der Waals surface area contributed by atoms with Crippen molar-refractivity contribution in [1.29, 1.82) is 0 Å². The maximum atomic E-state index is 13.0. The number of rotatable bonds is 71.